The lowest BCUT2D eigenvalue weighted by Crippen LogP contribution is -2.22. The molecular weight excluding hydrogens is 360 g/mol. The zero-order chi connectivity index (χ0) is 18.5. The molecule has 0 spiro atoms. The minimum atomic E-state index is -0.567. The molecule has 0 saturated heterocycles. The second kappa shape index (κ2) is 7.66. The molecule has 132 valence electrons. The molecule has 0 aliphatic carbocycles. The molecule has 2 N–H and O–H groups in total. The van der Waals surface area contributed by atoms with Crippen LogP contribution in [0.25, 0.3) is 11.3 Å². The number of non-ortho nitro benzene ring substituents is 1. The summed E-state index contributed by atoms with van der Waals surface area (Å²) in [6, 6.07) is 13.4. The van der Waals surface area contributed by atoms with Crippen LogP contribution in [0, 0.1) is 10.1 Å². The van der Waals surface area contributed by atoms with Gasteiger partial charge in [0.05, 0.1) is 28.4 Å². The van der Waals surface area contributed by atoms with Crippen LogP contribution in [0.2, 0.25) is 5.02 Å². The second-order valence-electron chi connectivity index (χ2n) is 5.22. The largest absolute Gasteiger partial charge is 0.424 e. The molecule has 26 heavy (non-hydrogen) atoms. The maximum Gasteiger partial charge on any atom is 0.295 e. The van der Waals surface area contributed by atoms with Crippen molar-refractivity contribution in [2.24, 2.45) is 0 Å². The highest BCUT2D eigenvalue weighted by molar-refractivity contribution is 6.33. The molecule has 9 heteroatoms. The van der Waals surface area contributed by atoms with E-state index in [1.165, 1.54) is 18.2 Å². The summed E-state index contributed by atoms with van der Waals surface area (Å²) in [5.74, 6) is 0.113. The first-order chi connectivity index (χ1) is 12.5. The molecule has 0 aliphatic heterocycles. The van der Waals surface area contributed by atoms with E-state index < -0.39 is 10.8 Å². The van der Waals surface area contributed by atoms with Gasteiger partial charge < -0.3 is 15.1 Å². The number of hydrogen-bond acceptors (Lipinski definition) is 6. The molecule has 1 heterocycles. The van der Waals surface area contributed by atoms with E-state index >= 15 is 0 Å². The zero-order valence-electron chi connectivity index (χ0n) is 13.3. The van der Waals surface area contributed by atoms with Gasteiger partial charge in [0.25, 0.3) is 11.7 Å². The van der Waals surface area contributed by atoms with E-state index in [0.29, 0.717) is 5.76 Å². The number of carbonyl (C=O) groups is 1. The predicted octanol–water partition coefficient (Wildman–Crippen LogP) is 3.95. The molecule has 0 radical (unpaired) electrons. The van der Waals surface area contributed by atoms with Gasteiger partial charge in [0.15, 0.2) is 5.76 Å². The molecule has 0 aliphatic rings. The van der Waals surface area contributed by atoms with Crippen LogP contribution < -0.4 is 10.6 Å². The van der Waals surface area contributed by atoms with Gasteiger partial charge in [0.2, 0.25) is 5.91 Å². The molecule has 1 amide bonds. The third-order valence-corrected chi connectivity index (χ3v) is 3.73. The van der Waals surface area contributed by atoms with Crippen LogP contribution in [0.3, 0.4) is 0 Å². The van der Waals surface area contributed by atoms with Crippen LogP contribution in [-0.2, 0) is 4.79 Å². The van der Waals surface area contributed by atoms with Crippen LogP contribution >= 0.6 is 11.6 Å². The van der Waals surface area contributed by atoms with E-state index in [0.717, 1.165) is 5.56 Å². The molecule has 0 fully saturated rings. The fraction of sp³-hybridized carbons (Fsp3) is 0.0588. The summed E-state index contributed by atoms with van der Waals surface area (Å²) >= 11 is 5.94. The second-order valence-corrected chi connectivity index (χ2v) is 5.63. The van der Waals surface area contributed by atoms with Crippen molar-refractivity contribution in [3.63, 3.8) is 0 Å². The van der Waals surface area contributed by atoms with Gasteiger partial charge in [-0.2, -0.15) is 0 Å². The lowest BCUT2D eigenvalue weighted by Gasteiger charge is -2.07. The lowest BCUT2D eigenvalue weighted by molar-refractivity contribution is -0.384. The summed E-state index contributed by atoms with van der Waals surface area (Å²) < 4.78 is 5.53. The van der Waals surface area contributed by atoms with Crippen molar-refractivity contribution in [2.75, 3.05) is 17.2 Å². The van der Waals surface area contributed by atoms with Crippen molar-refractivity contribution in [1.82, 2.24) is 4.98 Å². The van der Waals surface area contributed by atoms with Crippen molar-refractivity contribution in [3.05, 3.63) is 69.9 Å². The number of anilines is 2. The van der Waals surface area contributed by atoms with Gasteiger partial charge in [-0.1, -0.05) is 41.9 Å². The number of nitrogens with zero attached hydrogens (tertiary/aromatic N) is 2. The number of carbonyl (C=O) groups excluding carboxylic acids is 1. The monoisotopic (exact) mass is 372 g/mol. The van der Waals surface area contributed by atoms with E-state index in [4.69, 9.17) is 16.0 Å². The molecule has 3 aromatic rings. The number of rotatable bonds is 6. The van der Waals surface area contributed by atoms with Crippen LogP contribution in [-0.4, -0.2) is 22.4 Å². The molecule has 0 saturated carbocycles. The van der Waals surface area contributed by atoms with Crippen LogP contribution in [0.15, 0.2) is 59.1 Å². The minimum Gasteiger partial charge on any atom is -0.424 e. The number of nitro benzene ring substituents is 1. The Morgan fingerprint density at radius 3 is 2.73 bits per heavy atom. The number of nitrogens with one attached hydrogen (secondary N) is 2. The third kappa shape index (κ3) is 4.17. The number of hydrogen-bond donors (Lipinski definition) is 2. The average Bonchev–Trinajstić information content (AvgIpc) is 3.11. The van der Waals surface area contributed by atoms with Crippen molar-refractivity contribution >= 4 is 34.9 Å². The Bertz CT molecular complexity index is 943. The number of benzene rings is 2. The van der Waals surface area contributed by atoms with Gasteiger partial charge in [-0.05, 0) is 6.07 Å². The Labute approximate surface area is 153 Å². The predicted molar refractivity (Wildman–Crippen MR) is 97.2 cm³/mol. The van der Waals surface area contributed by atoms with E-state index in [1.54, 1.807) is 6.20 Å². The maximum absolute atomic E-state index is 12.0. The summed E-state index contributed by atoms with van der Waals surface area (Å²) in [6.07, 6.45) is 1.55. The van der Waals surface area contributed by atoms with Gasteiger partial charge in [-0.15, -0.1) is 0 Å². The van der Waals surface area contributed by atoms with Crippen molar-refractivity contribution in [1.29, 1.82) is 0 Å². The normalized spacial score (nSPS) is 10.3. The Morgan fingerprint density at radius 1 is 1.23 bits per heavy atom. The average molecular weight is 373 g/mol. The summed E-state index contributed by atoms with van der Waals surface area (Å²) in [5.41, 5.74) is 0.851. The topological polar surface area (TPSA) is 110 Å². The van der Waals surface area contributed by atoms with Crippen LogP contribution in [0.5, 0.6) is 0 Å². The summed E-state index contributed by atoms with van der Waals surface area (Å²) in [7, 11) is 0. The van der Waals surface area contributed by atoms with Gasteiger partial charge in [0.1, 0.15) is 0 Å². The Balaban J connectivity index is 1.61. The molecule has 0 atom stereocenters. The fourth-order valence-electron chi connectivity index (χ4n) is 2.16. The SMILES string of the molecule is O=C(CNc1ncc(-c2ccccc2)o1)Nc1cc([N+](=O)[O-])ccc1Cl. The smallest absolute Gasteiger partial charge is 0.295 e. The molecule has 2 aromatic carbocycles. The van der Waals surface area contributed by atoms with E-state index in [9.17, 15) is 14.9 Å². The maximum atomic E-state index is 12.0. The van der Waals surface area contributed by atoms with Gasteiger partial charge >= 0.3 is 0 Å². The molecule has 3 rings (SSSR count). The number of aromatic nitrogens is 1. The quantitative estimate of drug-likeness (QED) is 0.500. The Morgan fingerprint density at radius 2 is 2.00 bits per heavy atom. The minimum absolute atomic E-state index is 0.145. The van der Waals surface area contributed by atoms with E-state index in [-0.39, 0.29) is 29.0 Å². The van der Waals surface area contributed by atoms with E-state index in [1.807, 2.05) is 30.3 Å². The van der Waals surface area contributed by atoms with Gasteiger partial charge in [-0.25, -0.2) is 4.98 Å². The van der Waals surface area contributed by atoms with Crippen LogP contribution in [0.4, 0.5) is 17.4 Å². The van der Waals surface area contributed by atoms with Crippen molar-refractivity contribution < 1.29 is 14.1 Å². The summed E-state index contributed by atoms with van der Waals surface area (Å²) in [4.78, 5) is 26.3. The Kier molecular flexibility index (Phi) is 5.14. The number of oxazole rings is 1. The summed E-state index contributed by atoms with van der Waals surface area (Å²) in [6.45, 7) is -0.145. The number of amides is 1. The first-order valence-corrected chi connectivity index (χ1v) is 7.89. The standard InChI is InChI=1S/C17H13ClN4O4/c18-13-7-6-12(22(24)25)8-14(13)21-16(23)10-20-17-19-9-15(26-17)11-4-2-1-3-5-11/h1-9H,10H2,(H,19,20)(H,21,23). The number of nitro groups is 1. The van der Waals surface area contributed by atoms with Crippen molar-refractivity contribution in [2.45, 2.75) is 0 Å². The first-order valence-electron chi connectivity index (χ1n) is 7.52. The highest BCUT2D eigenvalue weighted by Gasteiger charge is 2.13. The van der Waals surface area contributed by atoms with Gasteiger partial charge in [-0.3, -0.25) is 14.9 Å². The lowest BCUT2D eigenvalue weighted by atomic mass is 10.2. The van der Waals surface area contributed by atoms with E-state index in [2.05, 4.69) is 15.6 Å². The third-order valence-electron chi connectivity index (χ3n) is 3.40. The highest BCUT2D eigenvalue weighted by Crippen LogP contribution is 2.26. The zero-order valence-corrected chi connectivity index (χ0v) is 14.1. The molecule has 0 unspecified atom stereocenters. The summed E-state index contributed by atoms with van der Waals surface area (Å²) in [5, 5.41) is 16.2. The molecule has 8 nitrogen and oxygen atoms in total. The highest BCUT2D eigenvalue weighted by atomic mass is 35.5. The van der Waals surface area contributed by atoms with Crippen molar-refractivity contribution in [3.8, 4) is 11.3 Å². The molecular formula is C17H13ClN4O4. The van der Waals surface area contributed by atoms with Gasteiger partial charge in [0, 0.05) is 17.7 Å². The fourth-order valence-corrected chi connectivity index (χ4v) is 2.33. The molecule has 1 aromatic heterocycles. The molecule has 0 bridgehead atoms. The van der Waals surface area contributed by atoms with Crippen LogP contribution in [0.1, 0.15) is 0 Å². The Hall–Kier alpha value is -3.39. The first kappa shape index (κ1) is 17.4. The number of halogens is 1.